The van der Waals surface area contributed by atoms with Crippen molar-refractivity contribution in [3.05, 3.63) is 327 Å². The lowest BCUT2D eigenvalue weighted by Gasteiger charge is -2.34. The molecule has 2 aliphatic rings. The number of aromatic amines is 1. The monoisotopic (exact) mass is 1230 g/mol. The zero-order chi connectivity index (χ0) is 63.0. The third-order valence-corrected chi connectivity index (χ3v) is 20.4. The van der Waals surface area contributed by atoms with Crippen LogP contribution in [0, 0.1) is 0 Å². The Balaban J connectivity index is 0.744. The highest BCUT2D eigenvalue weighted by molar-refractivity contribution is 6.36. The molecule has 2 aliphatic carbocycles. The molecule has 5 heterocycles. The Labute approximate surface area is 553 Å². The smallest absolute Gasteiger partial charge is 0.159 e. The lowest BCUT2D eigenvalue weighted by molar-refractivity contribution is 0.664. The Morgan fingerprint density at radius 3 is 1.77 bits per heavy atom. The quantitative estimate of drug-likeness (QED) is 0.140. The van der Waals surface area contributed by atoms with Gasteiger partial charge >= 0.3 is 0 Å². The van der Waals surface area contributed by atoms with E-state index in [-0.39, 0.29) is 6.04 Å². The molecule has 0 fully saturated rings. The number of benzene rings is 13. The Morgan fingerprint density at radius 1 is 0.406 bits per heavy atom. The van der Waals surface area contributed by atoms with Gasteiger partial charge in [0.05, 0.1) is 45.0 Å². The fourth-order valence-electron chi connectivity index (χ4n) is 16.2. The van der Waals surface area contributed by atoms with Gasteiger partial charge in [-0.25, -0.2) is 0 Å². The molecule has 13 aromatic carbocycles. The van der Waals surface area contributed by atoms with Gasteiger partial charge in [0.25, 0.3) is 0 Å². The van der Waals surface area contributed by atoms with Crippen LogP contribution in [-0.4, -0.2) is 15.4 Å². The van der Waals surface area contributed by atoms with Gasteiger partial charge in [0.15, 0.2) is 11.2 Å². The fraction of sp³-hybridized carbons (Fsp3) is 0.0444. The maximum Gasteiger partial charge on any atom is 0.159 e. The average molecular weight is 1230 g/mol. The number of para-hydroxylation sites is 7. The first-order valence-corrected chi connectivity index (χ1v) is 33.4. The molecule has 1 atom stereocenters. The number of hydrogen-bond donors (Lipinski definition) is 1. The second kappa shape index (κ2) is 21.6. The van der Waals surface area contributed by atoms with Gasteiger partial charge < -0.3 is 28.0 Å². The Kier molecular flexibility index (Phi) is 12.2. The molecule has 18 aromatic rings. The summed E-state index contributed by atoms with van der Waals surface area (Å²) in [7, 11) is 0. The summed E-state index contributed by atoms with van der Waals surface area (Å²) >= 11 is 0. The highest BCUT2D eigenvalue weighted by Gasteiger charge is 2.31. The highest BCUT2D eigenvalue weighted by Crippen LogP contribution is 2.53. The Hall–Kier alpha value is -12.4. The van der Waals surface area contributed by atoms with Gasteiger partial charge in [0.2, 0.25) is 0 Å². The summed E-state index contributed by atoms with van der Waals surface area (Å²) in [5, 5.41) is 11.8. The van der Waals surface area contributed by atoms with Crippen LogP contribution in [0.15, 0.2) is 330 Å². The van der Waals surface area contributed by atoms with Crippen LogP contribution in [0.3, 0.4) is 0 Å². The van der Waals surface area contributed by atoms with Crippen molar-refractivity contribution in [3.63, 3.8) is 0 Å². The van der Waals surface area contributed by atoms with Gasteiger partial charge in [-0.2, -0.15) is 0 Å². The van der Waals surface area contributed by atoms with E-state index in [0.717, 1.165) is 125 Å². The number of nitrogens with zero attached hydrogens (tertiary/aromatic N) is 3. The molecule has 452 valence electrons. The molecule has 6 nitrogen and oxygen atoms in total. The Bertz CT molecular complexity index is 6310. The Morgan fingerprint density at radius 2 is 1.00 bits per heavy atom. The van der Waals surface area contributed by atoms with E-state index in [0.29, 0.717) is 0 Å². The van der Waals surface area contributed by atoms with Crippen LogP contribution < -0.4 is 9.80 Å². The van der Waals surface area contributed by atoms with E-state index in [1.165, 1.54) is 82.3 Å². The van der Waals surface area contributed by atoms with Crippen LogP contribution >= 0.6 is 0 Å². The summed E-state index contributed by atoms with van der Waals surface area (Å²) in [5.74, 6) is 0. The van der Waals surface area contributed by atoms with Crippen LogP contribution in [0.2, 0.25) is 0 Å². The standard InChI is InChI=1S/C90H60N4O2/c1-5-24-56(25-6-1)81-84-74-45-21-41-70-75-55-61(60-30-19-37-66(54-60)93(64-34-11-4-12-35-64)78-47-23-43-72-69-39-14-16-49-80(69)96-90(72)78)50-51-76(75)94(87(70)74)88(84)82(57-26-7-2-8-27-57)83-73-44-20-40-67(85(73)91-86(81)83)62-31-17-28-58(52-62)59-29-18-36-65(53-59)92(63-32-9-3-10-33-63)77-46-22-42-71-68-38-13-15-48-79(68)95-89(71)77/h1-3,5-11,13-52,54-55,65,91H,4,12,53H2. The SMILES string of the molecule is C1=CC(N(c2ccccc2)c2cccc3c2oc2ccccc23)CC(c2cccc(-c3cccc4c3[nH]c3c(-c5ccccc5)c5c6cccc7c8cc(-c9cccc(N(C%10=CCCC=C%10)c%10cccc%11c%10oc%10ccccc%10%11)c9)ccc8n(c5c(-c5ccccc5)c34)c76)c2)=C1. The highest BCUT2D eigenvalue weighted by atomic mass is 16.3. The molecule has 20 rings (SSSR count). The zero-order valence-electron chi connectivity index (χ0n) is 52.4. The summed E-state index contributed by atoms with van der Waals surface area (Å²) in [6, 6.07) is 102. The molecule has 0 spiro atoms. The first-order chi connectivity index (χ1) is 47.6. The number of H-pyrrole nitrogens is 1. The minimum atomic E-state index is 0.0142. The van der Waals surface area contributed by atoms with Gasteiger partial charge in [0, 0.05) is 87.6 Å². The molecule has 6 heteroatoms. The van der Waals surface area contributed by atoms with Crippen molar-refractivity contribution in [1.82, 2.24) is 9.38 Å². The van der Waals surface area contributed by atoms with Crippen LogP contribution in [-0.2, 0) is 0 Å². The first kappa shape index (κ1) is 54.2. The van der Waals surface area contributed by atoms with Gasteiger partial charge in [-0.15, -0.1) is 0 Å². The first-order valence-electron chi connectivity index (χ1n) is 33.4. The molecular weight excluding hydrogens is 1170 g/mol. The van der Waals surface area contributed by atoms with Crippen molar-refractivity contribution in [2.75, 3.05) is 9.80 Å². The van der Waals surface area contributed by atoms with Crippen LogP contribution in [0.5, 0.6) is 0 Å². The average Bonchev–Trinajstić information content (AvgIpc) is 1.50. The summed E-state index contributed by atoms with van der Waals surface area (Å²) in [4.78, 5) is 9.08. The molecular formula is C90H60N4O2. The predicted octanol–water partition coefficient (Wildman–Crippen LogP) is 24.9. The van der Waals surface area contributed by atoms with Gasteiger partial charge in [-0.05, 0) is 131 Å². The number of fused-ring (bicyclic) bond motifs is 15. The van der Waals surface area contributed by atoms with E-state index >= 15 is 0 Å². The van der Waals surface area contributed by atoms with Crippen LogP contribution in [0.25, 0.3) is 154 Å². The van der Waals surface area contributed by atoms with Crippen molar-refractivity contribution < 1.29 is 8.83 Å². The normalized spacial score (nSPS) is 14.3. The summed E-state index contributed by atoms with van der Waals surface area (Å²) in [6.45, 7) is 0. The molecule has 0 aliphatic heterocycles. The van der Waals surface area contributed by atoms with Crippen LogP contribution in [0.1, 0.15) is 24.8 Å². The second-order valence-corrected chi connectivity index (χ2v) is 25.7. The van der Waals surface area contributed by atoms with E-state index in [4.69, 9.17) is 8.83 Å². The lowest BCUT2D eigenvalue weighted by Crippen LogP contribution is -2.30. The zero-order valence-corrected chi connectivity index (χ0v) is 52.4. The van der Waals surface area contributed by atoms with Crippen molar-refractivity contribution in [2.24, 2.45) is 0 Å². The number of rotatable bonds is 11. The van der Waals surface area contributed by atoms with Crippen molar-refractivity contribution in [3.8, 4) is 44.5 Å². The molecule has 0 saturated carbocycles. The lowest BCUT2D eigenvalue weighted by atomic mass is 9.89. The molecule has 5 aromatic heterocycles. The molecule has 0 saturated heterocycles. The maximum atomic E-state index is 6.72. The van der Waals surface area contributed by atoms with Gasteiger partial charge in [-0.3, -0.25) is 0 Å². The topological polar surface area (TPSA) is 53.0 Å². The number of allylic oxidation sites excluding steroid dienone is 5. The minimum Gasteiger partial charge on any atom is -0.454 e. The maximum absolute atomic E-state index is 6.72. The van der Waals surface area contributed by atoms with Crippen molar-refractivity contribution in [2.45, 2.75) is 25.3 Å². The molecule has 1 unspecified atom stereocenters. The third-order valence-electron chi connectivity index (χ3n) is 20.4. The number of hydrogen-bond acceptors (Lipinski definition) is 4. The second-order valence-electron chi connectivity index (χ2n) is 25.7. The molecule has 0 radical (unpaired) electrons. The summed E-state index contributed by atoms with van der Waals surface area (Å²) in [5.41, 5.74) is 26.6. The van der Waals surface area contributed by atoms with E-state index in [1.807, 2.05) is 12.1 Å². The largest absolute Gasteiger partial charge is 0.454 e. The van der Waals surface area contributed by atoms with E-state index < -0.39 is 0 Å². The van der Waals surface area contributed by atoms with Gasteiger partial charge in [-0.1, -0.05) is 243 Å². The summed E-state index contributed by atoms with van der Waals surface area (Å²) in [6.07, 6.45) is 16.6. The van der Waals surface area contributed by atoms with Crippen LogP contribution in [0.4, 0.5) is 22.7 Å². The number of nitrogens with one attached hydrogen (secondary N) is 1. The van der Waals surface area contributed by atoms with Crippen molar-refractivity contribution in [1.29, 1.82) is 0 Å². The number of furan rings is 2. The predicted molar refractivity (Wildman–Crippen MR) is 402 cm³/mol. The number of anilines is 4. The van der Waals surface area contributed by atoms with E-state index in [1.54, 1.807) is 0 Å². The number of aromatic nitrogens is 2. The van der Waals surface area contributed by atoms with Crippen molar-refractivity contribution >= 4 is 132 Å². The third kappa shape index (κ3) is 8.31. The minimum absolute atomic E-state index is 0.0142. The molecule has 1 N–H and O–H groups in total. The molecule has 96 heavy (non-hydrogen) atoms. The van der Waals surface area contributed by atoms with Gasteiger partial charge in [0.1, 0.15) is 11.2 Å². The van der Waals surface area contributed by atoms with E-state index in [2.05, 4.69) is 323 Å². The molecule has 0 amide bonds. The summed E-state index contributed by atoms with van der Waals surface area (Å²) < 4.78 is 16.0. The van der Waals surface area contributed by atoms with E-state index in [9.17, 15) is 0 Å². The molecule has 0 bridgehead atoms. The fourth-order valence-corrected chi connectivity index (χ4v) is 16.2.